The summed E-state index contributed by atoms with van der Waals surface area (Å²) < 4.78 is 16.5. The molecule has 136 valence electrons. The van der Waals surface area contributed by atoms with E-state index in [0.717, 1.165) is 0 Å². The number of Topliss-reactive ketones (excluding diaryl/α,β-unsaturated/α-hetero) is 1. The highest BCUT2D eigenvalue weighted by atomic mass is 16.7. The first-order valence-electron chi connectivity index (χ1n) is 8.84. The molecule has 6 nitrogen and oxygen atoms in total. The normalized spacial score (nSPS) is 42.6. The minimum atomic E-state index is -1.56. The van der Waals surface area contributed by atoms with Crippen molar-refractivity contribution in [2.45, 2.75) is 57.8 Å². The molecule has 0 amide bonds. The molecule has 6 heteroatoms. The predicted molar refractivity (Wildman–Crippen MR) is 85.0 cm³/mol. The van der Waals surface area contributed by atoms with Gasteiger partial charge in [-0.05, 0) is 19.3 Å². The molecule has 1 saturated heterocycles. The predicted octanol–water partition coefficient (Wildman–Crippen LogP) is 1.68. The first-order chi connectivity index (χ1) is 11.2. The number of ether oxygens (including phenoxy) is 3. The average Bonchev–Trinajstić information content (AvgIpc) is 3.14. The summed E-state index contributed by atoms with van der Waals surface area (Å²) >= 11 is 0. The van der Waals surface area contributed by atoms with Crippen molar-refractivity contribution < 1.29 is 28.9 Å². The van der Waals surface area contributed by atoms with Crippen LogP contribution in [0.3, 0.4) is 0 Å². The Balaban J connectivity index is 2.01. The van der Waals surface area contributed by atoms with Crippen LogP contribution in [0.25, 0.3) is 0 Å². The van der Waals surface area contributed by atoms with Crippen LogP contribution in [-0.2, 0) is 23.8 Å². The quantitative estimate of drug-likeness (QED) is 0.770. The summed E-state index contributed by atoms with van der Waals surface area (Å²) in [6.45, 7) is 6.40. The molecule has 0 aromatic carbocycles. The van der Waals surface area contributed by atoms with Crippen LogP contribution in [0.4, 0.5) is 0 Å². The monoisotopic (exact) mass is 340 g/mol. The average molecular weight is 340 g/mol. The first kappa shape index (κ1) is 17.8. The molecule has 5 atom stereocenters. The molecule has 1 aliphatic heterocycles. The van der Waals surface area contributed by atoms with Gasteiger partial charge in [0.2, 0.25) is 0 Å². The van der Waals surface area contributed by atoms with Crippen LogP contribution in [0.1, 0.15) is 46.5 Å². The topological polar surface area (TPSA) is 82.1 Å². The van der Waals surface area contributed by atoms with E-state index in [0.29, 0.717) is 38.9 Å². The van der Waals surface area contributed by atoms with Gasteiger partial charge in [-0.1, -0.05) is 20.8 Å². The summed E-state index contributed by atoms with van der Waals surface area (Å²) in [5, 5.41) is 11.6. The Morgan fingerprint density at radius 1 is 1.29 bits per heavy atom. The first-order valence-corrected chi connectivity index (χ1v) is 8.84. The van der Waals surface area contributed by atoms with Gasteiger partial charge in [0.15, 0.2) is 11.6 Å². The number of aliphatic hydroxyl groups is 1. The molecule has 3 rings (SSSR count). The fourth-order valence-corrected chi connectivity index (χ4v) is 5.14. The standard InChI is InChI=1S/C18H28O6/c1-11(15(20)22-4)13-5-6-16(3)7-8-17(23-9-10-24-17)12(2)14(19)18(13,16)21/h11-13,21H,5-10H2,1-4H3/t11-,12+,13-,16-,18-/m0/s1. The summed E-state index contributed by atoms with van der Waals surface area (Å²) in [6, 6.07) is 0. The number of ketones is 1. The Hall–Kier alpha value is -0.980. The fraction of sp³-hybridized carbons (Fsp3) is 0.889. The molecule has 0 aromatic heterocycles. The van der Waals surface area contributed by atoms with E-state index in [1.807, 2.05) is 6.92 Å². The van der Waals surface area contributed by atoms with Gasteiger partial charge in [0.1, 0.15) is 5.60 Å². The maximum atomic E-state index is 13.4. The second-order valence-corrected chi connectivity index (χ2v) is 7.88. The summed E-state index contributed by atoms with van der Waals surface area (Å²) in [5.41, 5.74) is -2.14. The van der Waals surface area contributed by atoms with Crippen molar-refractivity contribution in [2.24, 2.45) is 23.2 Å². The molecule has 1 heterocycles. The van der Waals surface area contributed by atoms with Crippen LogP contribution >= 0.6 is 0 Å². The molecule has 1 spiro atoms. The van der Waals surface area contributed by atoms with E-state index in [4.69, 9.17) is 14.2 Å². The molecule has 24 heavy (non-hydrogen) atoms. The van der Waals surface area contributed by atoms with Gasteiger partial charge in [-0.25, -0.2) is 0 Å². The molecule has 0 bridgehead atoms. The zero-order valence-electron chi connectivity index (χ0n) is 15.0. The summed E-state index contributed by atoms with van der Waals surface area (Å²) in [5.74, 6) is -3.12. The number of methoxy groups -OCH3 is 1. The highest BCUT2D eigenvalue weighted by Crippen LogP contribution is 2.60. The van der Waals surface area contributed by atoms with Crippen molar-refractivity contribution in [3.8, 4) is 0 Å². The van der Waals surface area contributed by atoms with E-state index in [1.54, 1.807) is 13.8 Å². The molecule has 0 unspecified atom stereocenters. The van der Waals surface area contributed by atoms with Crippen molar-refractivity contribution >= 4 is 11.8 Å². The van der Waals surface area contributed by atoms with E-state index >= 15 is 0 Å². The number of carbonyl (C=O) groups is 2. The van der Waals surface area contributed by atoms with Crippen molar-refractivity contribution in [3.63, 3.8) is 0 Å². The Kier molecular flexibility index (Phi) is 4.30. The summed E-state index contributed by atoms with van der Waals surface area (Å²) in [6.07, 6.45) is 2.54. The third-order valence-electron chi connectivity index (χ3n) is 6.87. The van der Waals surface area contributed by atoms with Crippen molar-refractivity contribution in [1.29, 1.82) is 0 Å². The van der Waals surface area contributed by atoms with E-state index in [9.17, 15) is 14.7 Å². The maximum Gasteiger partial charge on any atom is 0.308 e. The third kappa shape index (κ3) is 2.19. The Bertz CT molecular complexity index is 540. The molecule has 2 saturated carbocycles. The van der Waals surface area contributed by atoms with Gasteiger partial charge in [-0.15, -0.1) is 0 Å². The Morgan fingerprint density at radius 3 is 2.50 bits per heavy atom. The number of fused-ring (bicyclic) bond motifs is 1. The van der Waals surface area contributed by atoms with Gasteiger partial charge in [0, 0.05) is 17.8 Å². The lowest BCUT2D eigenvalue weighted by molar-refractivity contribution is -0.200. The van der Waals surface area contributed by atoms with Crippen LogP contribution in [0.5, 0.6) is 0 Å². The van der Waals surface area contributed by atoms with Gasteiger partial charge in [-0.2, -0.15) is 0 Å². The van der Waals surface area contributed by atoms with Gasteiger partial charge in [0.25, 0.3) is 0 Å². The Morgan fingerprint density at radius 2 is 1.92 bits per heavy atom. The molecule has 2 aliphatic carbocycles. The lowest BCUT2D eigenvalue weighted by Gasteiger charge is -2.42. The molecular weight excluding hydrogens is 312 g/mol. The van der Waals surface area contributed by atoms with E-state index in [2.05, 4.69) is 0 Å². The van der Waals surface area contributed by atoms with Gasteiger partial charge in [-0.3, -0.25) is 9.59 Å². The number of hydrogen-bond donors (Lipinski definition) is 1. The largest absolute Gasteiger partial charge is 0.469 e. The highest BCUT2D eigenvalue weighted by Gasteiger charge is 2.68. The lowest BCUT2D eigenvalue weighted by atomic mass is 9.65. The Labute approximate surface area is 142 Å². The third-order valence-corrected chi connectivity index (χ3v) is 6.87. The summed E-state index contributed by atoms with van der Waals surface area (Å²) in [7, 11) is 1.34. The smallest absolute Gasteiger partial charge is 0.308 e. The zero-order valence-corrected chi connectivity index (χ0v) is 15.0. The summed E-state index contributed by atoms with van der Waals surface area (Å²) in [4.78, 5) is 25.4. The molecule has 3 fully saturated rings. The minimum absolute atomic E-state index is 0.261. The van der Waals surface area contributed by atoms with Crippen molar-refractivity contribution in [2.75, 3.05) is 20.3 Å². The number of hydrogen-bond acceptors (Lipinski definition) is 6. The number of rotatable bonds is 2. The van der Waals surface area contributed by atoms with Crippen LogP contribution in [0.15, 0.2) is 0 Å². The van der Waals surface area contributed by atoms with Crippen LogP contribution in [0.2, 0.25) is 0 Å². The highest BCUT2D eigenvalue weighted by molar-refractivity contribution is 5.92. The zero-order chi connectivity index (χ0) is 17.8. The number of esters is 1. The number of carbonyl (C=O) groups excluding carboxylic acids is 2. The molecule has 0 radical (unpaired) electrons. The SMILES string of the molecule is COC(=O)[C@@H](C)[C@@H]1CC[C@@]2(C)CCC3(OCCO3)[C@H](C)C(=O)[C@@]12O. The van der Waals surface area contributed by atoms with E-state index < -0.39 is 34.6 Å². The van der Waals surface area contributed by atoms with Crippen LogP contribution in [0, 0.1) is 23.2 Å². The van der Waals surface area contributed by atoms with Gasteiger partial charge in [0.05, 0.1) is 32.2 Å². The van der Waals surface area contributed by atoms with Gasteiger partial charge < -0.3 is 19.3 Å². The molecule has 1 N–H and O–H groups in total. The molecule has 0 aromatic rings. The van der Waals surface area contributed by atoms with E-state index in [1.165, 1.54) is 7.11 Å². The fourth-order valence-electron chi connectivity index (χ4n) is 5.14. The second-order valence-electron chi connectivity index (χ2n) is 7.88. The van der Waals surface area contributed by atoms with Crippen LogP contribution < -0.4 is 0 Å². The molecular formula is C18H28O6. The maximum absolute atomic E-state index is 13.4. The van der Waals surface area contributed by atoms with Crippen molar-refractivity contribution in [1.82, 2.24) is 0 Å². The lowest BCUT2D eigenvalue weighted by Crippen LogP contribution is -2.57. The second kappa shape index (κ2) is 5.78. The van der Waals surface area contributed by atoms with Gasteiger partial charge >= 0.3 is 5.97 Å². The molecule has 3 aliphatic rings. The van der Waals surface area contributed by atoms with Crippen molar-refractivity contribution in [3.05, 3.63) is 0 Å². The van der Waals surface area contributed by atoms with Crippen LogP contribution in [-0.4, -0.2) is 48.6 Å². The minimum Gasteiger partial charge on any atom is -0.469 e. The van der Waals surface area contributed by atoms with E-state index in [-0.39, 0.29) is 11.8 Å².